The van der Waals surface area contributed by atoms with E-state index in [0.717, 1.165) is 6.08 Å². The Hall–Kier alpha value is -4.33. The molecule has 4 N–H and O–H groups in total. The highest BCUT2D eigenvalue weighted by Gasteiger charge is 2.35. The molecule has 0 aromatic rings. The molecule has 2 bridgehead atoms. The highest BCUT2D eigenvalue weighted by atomic mass is 16.6. The van der Waals surface area contributed by atoms with Crippen molar-refractivity contribution in [2.75, 3.05) is 41.4 Å². The van der Waals surface area contributed by atoms with Crippen LogP contribution in [-0.2, 0) is 38.1 Å². The molecule has 0 aromatic heterocycles. The number of nitrogens with zero attached hydrogens (tertiary/aromatic N) is 1. The van der Waals surface area contributed by atoms with Gasteiger partial charge >= 0.3 is 12.1 Å². The summed E-state index contributed by atoms with van der Waals surface area (Å²) in [4.78, 5) is 66.7. The van der Waals surface area contributed by atoms with E-state index in [0.29, 0.717) is 12.0 Å². The van der Waals surface area contributed by atoms with E-state index in [2.05, 4.69) is 17.2 Å². The van der Waals surface area contributed by atoms with Gasteiger partial charge in [-0.05, 0) is 52.3 Å². The molecule has 0 saturated carbocycles. The first-order chi connectivity index (χ1) is 22.6. The third-order valence-electron chi connectivity index (χ3n) is 7.89. The number of methoxy groups -OCH3 is 2. The third kappa shape index (κ3) is 11.4. The Labute approximate surface area is 282 Å². The van der Waals surface area contributed by atoms with Crippen LogP contribution in [0.25, 0.3) is 0 Å². The number of esters is 1. The molecular weight excluding hydrogens is 620 g/mol. The highest BCUT2D eigenvalue weighted by Crippen LogP contribution is 2.30. The van der Waals surface area contributed by atoms with E-state index in [1.165, 1.54) is 20.3 Å². The Bertz CT molecular complexity index is 1390. The Morgan fingerprint density at radius 1 is 1.12 bits per heavy atom. The van der Waals surface area contributed by atoms with E-state index >= 15 is 0 Å². The highest BCUT2D eigenvalue weighted by molar-refractivity contribution is 6.23. The quantitative estimate of drug-likeness (QED) is 0.187. The molecule has 1 heterocycles. The number of hydrogen-bond acceptors (Lipinski definition) is 11. The Balaban J connectivity index is 2.74. The molecule has 2 amide bonds. The number of carbonyl (C=O) groups is 5. The molecule has 0 fully saturated rings. The largest absolute Gasteiger partial charge is 0.458 e. The van der Waals surface area contributed by atoms with Crippen LogP contribution in [0.3, 0.4) is 0 Å². The molecule has 48 heavy (non-hydrogen) atoms. The number of Topliss-reactive ketones (excluding diaryl/α,β-unsaturated/α-hetero) is 1. The Kier molecular flexibility index (Phi) is 15.7. The summed E-state index contributed by atoms with van der Waals surface area (Å²) < 4.78 is 23.0. The predicted octanol–water partition coefficient (Wildman–Crippen LogP) is 2.65. The molecule has 2 aliphatic rings. The van der Waals surface area contributed by atoms with Crippen LogP contribution in [0.2, 0.25) is 0 Å². The average molecular weight is 671 g/mol. The lowest BCUT2D eigenvalue weighted by Gasteiger charge is -2.33. The zero-order valence-electron chi connectivity index (χ0n) is 29.2. The molecule has 6 atom stereocenters. The Morgan fingerprint density at radius 3 is 2.40 bits per heavy atom. The van der Waals surface area contributed by atoms with Crippen molar-refractivity contribution in [2.45, 2.75) is 65.0 Å². The maximum absolute atomic E-state index is 13.8. The minimum atomic E-state index is -1.02. The number of ketones is 2. The number of fused-ring (bicyclic) bond motifs is 2. The number of nitrogens with two attached hydrogens (primary N) is 1. The van der Waals surface area contributed by atoms with Gasteiger partial charge in [0.25, 0.3) is 5.91 Å². The molecule has 264 valence electrons. The Morgan fingerprint density at radius 2 is 1.81 bits per heavy atom. The first kappa shape index (κ1) is 39.8. The summed E-state index contributed by atoms with van der Waals surface area (Å²) in [6, 6.07) is 0. The lowest BCUT2D eigenvalue weighted by atomic mass is 9.85. The number of rotatable bonds is 9. The van der Waals surface area contributed by atoms with Crippen LogP contribution in [0.4, 0.5) is 4.79 Å². The second-order valence-electron chi connectivity index (χ2n) is 12.3. The summed E-state index contributed by atoms with van der Waals surface area (Å²) in [5, 5.41) is 5.56. The summed E-state index contributed by atoms with van der Waals surface area (Å²) >= 11 is 0. The van der Waals surface area contributed by atoms with Gasteiger partial charge in [0.1, 0.15) is 12.2 Å². The molecule has 1 aliphatic heterocycles. The van der Waals surface area contributed by atoms with E-state index in [-0.39, 0.29) is 48.0 Å². The number of amides is 2. The number of carbonyl (C=O) groups excluding carboxylic acids is 5. The van der Waals surface area contributed by atoms with Crippen LogP contribution in [-0.4, -0.2) is 100 Å². The van der Waals surface area contributed by atoms with E-state index in [1.54, 1.807) is 57.1 Å². The standard InChI is InChI=1S/C35H50N4O9/c1-10-14-37-30-24-15-20(2)16-28(46-9)33(47-29(41)19-39(6)7)23(5)17-22(4)32(48-35(36)44)27(45-8)13-11-12-21(3)34(43)38-25(31(24)42)18-26(30)40/h10-13,17-18,20,23,27-28,32-33,37H,1,14-16,19H2,2-9H3,(H2,36,44)(H,38,43)/t20-,23-,27-,28-,32-,33-/m1/s1. The lowest BCUT2D eigenvalue weighted by molar-refractivity contribution is -0.161. The van der Waals surface area contributed by atoms with Crippen molar-refractivity contribution >= 4 is 29.5 Å². The maximum Gasteiger partial charge on any atom is 0.405 e. The van der Waals surface area contributed by atoms with Crippen LogP contribution < -0.4 is 16.4 Å². The fourth-order valence-corrected chi connectivity index (χ4v) is 5.57. The zero-order valence-corrected chi connectivity index (χ0v) is 29.2. The lowest BCUT2D eigenvalue weighted by Crippen LogP contribution is -2.41. The van der Waals surface area contributed by atoms with Crippen molar-refractivity contribution in [1.82, 2.24) is 15.5 Å². The van der Waals surface area contributed by atoms with Gasteiger partial charge in [-0.1, -0.05) is 44.2 Å². The molecule has 13 nitrogen and oxygen atoms in total. The number of hydrogen-bond donors (Lipinski definition) is 3. The fourth-order valence-electron chi connectivity index (χ4n) is 5.57. The second-order valence-corrected chi connectivity index (χ2v) is 12.3. The predicted molar refractivity (Wildman–Crippen MR) is 180 cm³/mol. The average Bonchev–Trinajstić information content (AvgIpc) is 3.00. The van der Waals surface area contributed by atoms with Crippen LogP contribution >= 0.6 is 0 Å². The molecule has 2 rings (SSSR count). The van der Waals surface area contributed by atoms with Crippen molar-refractivity contribution in [3.63, 3.8) is 0 Å². The molecule has 0 unspecified atom stereocenters. The summed E-state index contributed by atoms with van der Waals surface area (Å²) in [6.45, 7) is 11.0. The number of allylic oxidation sites excluding steroid dienone is 4. The summed E-state index contributed by atoms with van der Waals surface area (Å²) in [5.41, 5.74) is 6.41. The fraction of sp³-hybridized carbons (Fsp3) is 0.514. The number of nitrogens with one attached hydrogen (secondary N) is 2. The van der Waals surface area contributed by atoms with Crippen LogP contribution in [0, 0.1) is 11.8 Å². The van der Waals surface area contributed by atoms with Gasteiger partial charge in [-0.15, -0.1) is 6.58 Å². The van der Waals surface area contributed by atoms with Gasteiger partial charge in [0.05, 0.1) is 24.0 Å². The summed E-state index contributed by atoms with van der Waals surface area (Å²) in [7, 11) is 6.43. The molecule has 0 aromatic carbocycles. The smallest absolute Gasteiger partial charge is 0.405 e. The maximum atomic E-state index is 13.8. The molecule has 0 saturated heterocycles. The molecule has 1 aliphatic carbocycles. The minimum Gasteiger partial charge on any atom is -0.458 e. The number of ether oxygens (including phenoxy) is 4. The van der Waals surface area contributed by atoms with Crippen molar-refractivity contribution in [3.05, 3.63) is 71.1 Å². The van der Waals surface area contributed by atoms with Gasteiger partial charge in [-0.3, -0.25) is 24.1 Å². The van der Waals surface area contributed by atoms with E-state index in [4.69, 9.17) is 24.7 Å². The number of primary amides is 1. The minimum absolute atomic E-state index is 0.0253. The number of likely N-dealkylation sites (N-methyl/N-ethyl adjacent to an activating group) is 1. The summed E-state index contributed by atoms with van der Waals surface area (Å²) in [5.74, 6) is -2.75. The molecule has 13 heteroatoms. The first-order valence-corrected chi connectivity index (χ1v) is 15.7. The van der Waals surface area contributed by atoms with E-state index in [1.807, 2.05) is 13.8 Å². The van der Waals surface area contributed by atoms with E-state index in [9.17, 15) is 24.0 Å². The van der Waals surface area contributed by atoms with Crippen molar-refractivity contribution in [2.24, 2.45) is 17.6 Å². The second kappa shape index (κ2) is 18.9. The monoisotopic (exact) mass is 670 g/mol. The molecule has 0 radical (unpaired) electrons. The molecule has 0 spiro atoms. The SMILES string of the molecule is C=CCNC1=C2C[C@@H](C)C[C@@H](OC)[C@H](OC(=O)CN(C)C)[C@H](C)C=C(C)[C@@H](OC(N)=O)[C@H](OC)C=CC=C(C)C(=O)NC(=CC1=O)C2=O. The normalized spacial score (nSPS) is 26.3. The molecular formula is C35H50N4O9. The summed E-state index contributed by atoms with van der Waals surface area (Å²) in [6.07, 6.45) is 5.32. The third-order valence-corrected chi connectivity index (χ3v) is 7.89. The van der Waals surface area contributed by atoms with Gasteiger partial charge in [-0.2, -0.15) is 0 Å². The van der Waals surface area contributed by atoms with Gasteiger partial charge in [0, 0.05) is 43.9 Å². The van der Waals surface area contributed by atoms with Crippen LogP contribution in [0.1, 0.15) is 40.5 Å². The van der Waals surface area contributed by atoms with Crippen molar-refractivity contribution < 1.29 is 42.9 Å². The topological polar surface area (TPSA) is 176 Å². The first-order valence-electron chi connectivity index (χ1n) is 15.7. The van der Waals surface area contributed by atoms with Crippen LogP contribution in [0.5, 0.6) is 0 Å². The van der Waals surface area contributed by atoms with Crippen molar-refractivity contribution in [3.8, 4) is 0 Å². The van der Waals surface area contributed by atoms with E-state index < -0.39 is 59.9 Å². The van der Waals surface area contributed by atoms with Gasteiger partial charge in [0.15, 0.2) is 6.10 Å². The van der Waals surface area contributed by atoms with Gasteiger partial charge in [0.2, 0.25) is 11.6 Å². The van der Waals surface area contributed by atoms with Crippen LogP contribution in [0.15, 0.2) is 71.1 Å². The van der Waals surface area contributed by atoms with Gasteiger partial charge in [-0.25, -0.2) is 4.79 Å². The zero-order chi connectivity index (χ0) is 36.1. The van der Waals surface area contributed by atoms with Crippen molar-refractivity contribution in [1.29, 1.82) is 0 Å². The van der Waals surface area contributed by atoms with Gasteiger partial charge < -0.3 is 35.3 Å².